The molecule has 0 saturated carbocycles. The highest BCUT2D eigenvalue weighted by molar-refractivity contribution is 8.26. The number of benzene rings is 2. The standard InChI is InChI=1S/C20H17NO5S2/c1-23-15-5-3-4-13(18(15)24-2)9-17-19(22)21(20(27)28-17)10-12-6-7-14-16(8-12)26-11-25-14/h3-9H,10-11H2,1-2H3/b17-9+. The minimum atomic E-state index is -0.141. The van der Waals surface area contributed by atoms with Crippen LogP contribution in [0.5, 0.6) is 23.0 Å². The van der Waals surface area contributed by atoms with Gasteiger partial charge in [0.05, 0.1) is 25.7 Å². The number of amides is 1. The second-order valence-electron chi connectivity index (χ2n) is 6.04. The van der Waals surface area contributed by atoms with E-state index in [0.717, 1.165) is 11.1 Å². The molecule has 8 heteroatoms. The Balaban J connectivity index is 1.58. The van der Waals surface area contributed by atoms with Crippen molar-refractivity contribution in [3.63, 3.8) is 0 Å². The van der Waals surface area contributed by atoms with Crippen LogP contribution in [0.3, 0.4) is 0 Å². The molecule has 0 unspecified atom stereocenters. The first-order valence-corrected chi connectivity index (χ1v) is 9.68. The van der Waals surface area contributed by atoms with Gasteiger partial charge in [0.2, 0.25) is 6.79 Å². The molecule has 2 aromatic carbocycles. The third-order valence-electron chi connectivity index (χ3n) is 4.37. The molecule has 4 rings (SSSR count). The predicted octanol–water partition coefficient (Wildman–Crippen LogP) is 3.83. The lowest BCUT2D eigenvalue weighted by Gasteiger charge is -2.14. The summed E-state index contributed by atoms with van der Waals surface area (Å²) in [7, 11) is 3.15. The number of carbonyl (C=O) groups is 1. The number of hydrogen-bond donors (Lipinski definition) is 0. The van der Waals surface area contributed by atoms with Crippen molar-refractivity contribution >= 4 is 40.3 Å². The average Bonchev–Trinajstić information content (AvgIpc) is 3.27. The Hall–Kier alpha value is -2.71. The molecule has 0 atom stereocenters. The van der Waals surface area contributed by atoms with E-state index in [1.54, 1.807) is 31.3 Å². The molecule has 6 nitrogen and oxygen atoms in total. The summed E-state index contributed by atoms with van der Waals surface area (Å²) in [5, 5.41) is 0. The Bertz CT molecular complexity index is 989. The number of nitrogens with zero attached hydrogens (tertiary/aromatic N) is 1. The molecule has 144 valence electrons. The fourth-order valence-electron chi connectivity index (χ4n) is 3.03. The topological polar surface area (TPSA) is 57.2 Å². The largest absolute Gasteiger partial charge is 0.493 e. The Morgan fingerprint density at radius 3 is 2.79 bits per heavy atom. The quantitative estimate of drug-likeness (QED) is 0.543. The van der Waals surface area contributed by atoms with Crippen molar-refractivity contribution in [2.24, 2.45) is 0 Å². The number of para-hydroxylation sites is 1. The van der Waals surface area contributed by atoms with Crippen LogP contribution in [-0.4, -0.2) is 36.1 Å². The van der Waals surface area contributed by atoms with Gasteiger partial charge in [-0.05, 0) is 29.8 Å². The van der Waals surface area contributed by atoms with Gasteiger partial charge in [-0.1, -0.05) is 42.2 Å². The van der Waals surface area contributed by atoms with Crippen LogP contribution in [0.15, 0.2) is 41.3 Å². The zero-order valence-corrected chi connectivity index (χ0v) is 16.9. The molecule has 2 aliphatic heterocycles. The second-order valence-corrected chi connectivity index (χ2v) is 7.71. The van der Waals surface area contributed by atoms with Crippen molar-refractivity contribution < 1.29 is 23.7 Å². The molecule has 1 fully saturated rings. The monoisotopic (exact) mass is 415 g/mol. The summed E-state index contributed by atoms with van der Waals surface area (Å²) < 4.78 is 22.0. The number of fused-ring (bicyclic) bond motifs is 1. The Labute approximate surface area is 172 Å². The van der Waals surface area contributed by atoms with Crippen molar-refractivity contribution in [3.05, 3.63) is 52.4 Å². The van der Waals surface area contributed by atoms with E-state index < -0.39 is 0 Å². The summed E-state index contributed by atoms with van der Waals surface area (Å²) >= 11 is 6.71. The van der Waals surface area contributed by atoms with Gasteiger partial charge in [-0.25, -0.2) is 0 Å². The van der Waals surface area contributed by atoms with Crippen molar-refractivity contribution in [1.82, 2.24) is 4.90 Å². The summed E-state index contributed by atoms with van der Waals surface area (Å²) in [5.74, 6) is 2.43. The Morgan fingerprint density at radius 2 is 2.00 bits per heavy atom. The first-order valence-electron chi connectivity index (χ1n) is 8.45. The van der Waals surface area contributed by atoms with Gasteiger partial charge in [0.25, 0.3) is 5.91 Å². The molecule has 1 saturated heterocycles. The molecular formula is C20H17NO5S2. The first-order chi connectivity index (χ1) is 13.6. The van der Waals surface area contributed by atoms with Crippen LogP contribution in [0.2, 0.25) is 0 Å². The molecule has 0 N–H and O–H groups in total. The molecule has 0 spiro atoms. The van der Waals surface area contributed by atoms with Gasteiger partial charge in [0.15, 0.2) is 23.0 Å². The summed E-state index contributed by atoms with van der Waals surface area (Å²) in [6.45, 7) is 0.582. The fourth-order valence-corrected chi connectivity index (χ4v) is 4.27. The van der Waals surface area contributed by atoms with Crippen LogP contribution in [0, 0.1) is 0 Å². The number of rotatable bonds is 5. The molecule has 2 aromatic rings. The van der Waals surface area contributed by atoms with Crippen LogP contribution in [0.1, 0.15) is 11.1 Å². The van der Waals surface area contributed by atoms with Crippen molar-refractivity contribution in [2.45, 2.75) is 6.54 Å². The third kappa shape index (κ3) is 3.41. The summed E-state index contributed by atoms with van der Waals surface area (Å²) in [6, 6.07) is 11.1. The van der Waals surface area contributed by atoms with E-state index in [4.69, 9.17) is 31.2 Å². The summed E-state index contributed by atoms with van der Waals surface area (Å²) in [5.41, 5.74) is 1.67. The number of thioether (sulfide) groups is 1. The van der Waals surface area contributed by atoms with Crippen LogP contribution in [0.25, 0.3) is 6.08 Å². The highest BCUT2D eigenvalue weighted by Gasteiger charge is 2.32. The first kappa shape index (κ1) is 18.6. The van der Waals surface area contributed by atoms with Crippen molar-refractivity contribution in [2.75, 3.05) is 21.0 Å². The zero-order chi connectivity index (χ0) is 19.7. The minimum Gasteiger partial charge on any atom is -0.493 e. The highest BCUT2D eigenvalue weighted by Crippen LogP contribution is 2.38. The van der Waals surface area contributed by atoms with Gasteiger partial charge in [0, 0.05) is 5.56 Å². The highest BCUT2D eigenvalue weighted by atomic mass is 32.2. The Kier molecular flexibility index (Phi) is 5.15. The second kappa shape index (κ2) is 7.73. The van der Waals surface area contributed by atoms with E-state index in [1.807, 2.05) is 30.3 Å². The predicted molar refractivity (Wildman–Crippen MR) is 111 cm³/mol. The fraction of sp³-hybridized carbons (Fsp3) is 0.200. The molecule has 28 heavy (non-hydrogen) atoms. The third-order valence-corrected chi connectivity index (χ3v) is 5.75. The lowest BCUT2D eigenvalue weighted by Crippen LogP contribution is -2.27. The average molecular weight is 415 g/mol. The molecule has 2 heterocycles. The van der Waals surface area contributed by atoms with Gasteiger partial charge in [-0.3, -0.25) is 9.69 Å². The lowest BCUT2D eigenvalue weighted by atomic mass is 10.1. The van der Waals surface area contributed by atoms with E-state index in [1.165, 1.54) is 11.8 Å². The molecule has 0 aliphatic carbocycles. The number of thiocarbonyl (C=S) groups is 1. The van der Waals surface area contributed by atoms with E-state index in [0.29, 0.717) is 38.8 Å². The smallest absolute Gasteiger partial charge is 0.266 e. The van der Waals surface area contributed by atoms with Crippen LogP contribution >= 0.6 is 24.0 Å². The number of ether oxygens (including phenoxy) is 4. The number of carbonyl (C=O) groups excluding carboxylic acids is 1. The molecule has 0 radical (unpaired) electrons. The molecular weight excluding hydrogens is 398 g/mol. The normalized spacial score (nSPS) is 16.8. The SMILES string of the molecule is COc1cccc(/C=C2/SC(=S)N(Cc3ccc4c(c3)OCO4)C2=O)c1OC. The van der Waals surface area contributed by atoms with Crippen LogP contribution in [-0.2, 0) is 11.3 Å². The maximum absolute atomic E-state index is 12.9. The summed E-state index contributed by atoms with van der Waals surface area (Å²) in [6.07, 6.45) is 1.78. The molecule has 1 amide bonds. The van der Waals surface area contributed by atoms with Crippen LogP contribution in [0.4, 0.5) is 0 Å². The zero-order valence-electron chi connectivity index (χ0n) is 15.3. The number of hydrogen-bond acceptors (Lipinski definition) is 7. The van der Waals surface area contributed by atoms with Gasteiger partial charge < -0.3 is 18.9 Å². The van der Waals surface area contributed by atoms with Gasteiger partial charge >= 0.3 is 0 Å². The van der Waals surface area contributed by atoms with E-state index >= 15 is 0 Å². The molecule has 2 aliphatic rings. The van der Waals surface area contributed by atoms with Crippen LogP contribution < -0.4 is 18.9 Å². The van der Waals surface area contributed by atoms with E-state index in [9.17, 15) is 4.79 Å². The van der Waals surface area contributed by atoms with Gasteiger partial charge in [-0.2, -0.15) is 0 Å². The molecule has 0 aromatic heterocycles. The van der Waals surface area contributed by atoms with Gasteiger partial charge in [-0.15, -0.1) is 0 Å². The lowest BCUT2D eigenvalue weighted by molar-refractivity contribution is -0.122. The minimum absolute atomic E-state index is 0.141. The maximum Gasteiger partial charge on any atom is 0.266 e. The van der Waals surface area contributed by atoms with E-state index in [-0.39, 0.29) is 12.7 Å². The Morgan fingerprint density at radius 1 is 1.18 bits per heavy atom. The van der Waals surface area contributed by atoms with Crippen molar-refractivity contribution in [1.29, 1.82) is 0 Å². The maximum atomic E-state index is 12.9. The summed E-state index contributed by atoms with van der Waals surface area (Å²) in [4.78, 5) is 15.1. The van der Waals surface area contributed by atoms with E-state index in [2.05, 4.69) is 0 Å². The van der Waals surface area contributed by atoms with Crippen molar-refractivity contribution in [3.8, 4) is 23.0 Å². The molecule has 0 bridgehead atoms. The van der Waals surface area contributed by atoms with Gasteiger partial charge in [0.1, 0.15) is 4.32 Å². The number of methoxy groups -OCH3 is 2.